The summed E-state index contributed by atoms with van der Waals surface area (Å²) in [7, 11) is 0. The summed E-state index contributed by atoms with van der Waals surface area (Å²) in [4.78, 5) is 12.9. The number of H-pyrrole nitrogens is 1. The lowest BCUT2D eigenvalue weighted by molar-refractivity contribution is 0.0571. The Morgan fingerprint density at radius 1 is 1.30 bits per heavy atom. The Balaban J connectivity index is 1.68. The van der Waals surface area contributed by atoms with Crippen LogP contribution < -0.4 is 5.32 Å². The summed E-state index contributed by atoms with van der Waals surface area (Å²) >= 11 is 0. The first-order chi connectivity index (χ1) is 11.3. The van der Waals surface area contributed by atoms with Crippen LogP contribution in [0, 0.1) is 12.8 Å². The van der Waals surface area contributed by atoms with Gasteiger partial charge in [0, 0.05) is 13.2 Å². The number of ether oxygens (including phenoxy) is 1. The van der Waals surface area contributed by atoms with Crippen molar-refractivity contribution in [1.29, 1.82) is 0 Å². The first kappa shape index (κ1) is 14.1. The summed E-state index contributed by atoms with van der Waals surface area (Å²) in [6, 6.07) is -0.118. The maximum Gasteiger partial charge on any atom is 0.249 e. The molecule has 9 heteroatoms. The van der Waals surface area contributed by atoms with Crippen LogP contribution in [0.15, 0.2) is 17.0 Å². The van der Waals surface area contributed by atoms with Crippen molar-refractivity contribution >= 4 is 16.9 Å². The molecule has 1 aliphatic rings. The highest BCUT2D eigenvalue weighted by Gasteiger charge is 2.30. The van der Waals surface area contributed by atoms with E-state index in [1.165, 1.54) is 6.33 Å². The molecule has 1 saturated heterocycles. The minimum atomic E-state index is -0.118. The van der Waals surface area contributed by atoms with Crippen LogP contribution in [0.4, 0.5) is 5.82 Å². The van der Waals surface area contributed by atoms with Gasteiger partial charge in [0.05, 0.1) is 11.6 Å². The number of nitrogens with zero attached hydrogens (tertiary/aromatic N) is 5. The van der Waals surface area contributed by atoms with Gasteiger partial charge in [-0.25, -0.2) is 9.97 Å². The molecular formula is C14H17N7O2. The van der Waals surface area contributed by atoms with Gasteiger partial charge in [-0.15, -0.1) is 0 Å². The fourth-order valence-corrected chi connectivity index (χ4v) is 2.90. The van der Waals surface area contributed by atoms with Crippen LogP contribution in [0.5, 0.6) is 0 Å². The Morgan fingerprint density at radius 3 is 2.96 bits per heavy atom. The van der Waals surface area contributed by atoms with E-state index in [2.05, 4.69) is 35.6 Å². The average molecular weight is 315 g/mol. The van der Waals surface area contributed by atoms with Crippen LogP contribution in [0.25, 0.3) is 11.0 Å². The SMILES string of the molecule is Cc1noc(C(Nc2ncnc3[nH]ncc23)C2CCOCC2)n1. The van der Waals surface area contributed by atoms with Gasteiger partial charge in [0.2, 0.25) is 5.89 Å². The Kier molecular flexibility index (Phi) is 3.62. The van der Waals surface area contributed by atoms with Crippen LogP contribution in [0.3, 0.4) is 0 Å². The summed E-state index contributed by atoms with van der Waals surface area (Å²) in [6.45, 7) is 3.29. The van der Waals surface area contributed by atoms with Crippen molar-refractivity contribution in [2.24, 2.45) is 5.92 Å². The third-order valence-electron chi connectivity index (χ3n) is 4.09. The molecule has 1 atom stereocenters. The van der Waals surface area contributed by atoms with Gasteiger partial charge in [-0.05, 0) is 25.7 Å². The molecule has 0 aromatic carbocycles. The molecule has 9 nitrogen and oxygen atoms in total. The molecular weight excluding hydrogens is 298 g/mol. The molecule has 1 aliphatic heterocycles. The molecule has 3 aromatic heterocycles. The van der Waals surface area contributed by atoms with Crippen molar-refractivity contribution in [2.45, 2.75) is 25.8 Å². The van der Waals surface area contributed by atoms with E-state index >= 15 is 0 Å². The molecule has 0 amide bonds. The van der Waals surface area contributed by atoms with Gasteiger partial charge in [-0.1, -0.05) is 5.16 Å². The van der Waals surface area contributed by atoms with Gasteiger partial charge in [0.25, 0.3) is 0 Å². The van der Waals surface area contributed by atoms with Gasteiger partial charge < -0.3 is 14.6 Å². The Hall–Kier alpha value is -2.55. The number of hydrogen-bond acceptors (Lipinski definition) is 8. The van der Waals surface area contributed by atoms with Crippen molar-refractivity contribution in [3.8, 4) is 0 Å². The number of fused-ring (bicyclic) bond motifs is 1. The quantitative estimate of drug-likeness (QED) is 0.746. The molecule has 4 heterocycles. The number of rotatable bonds is 4. The van der Waals surface area contributed by atoms with Crippen LogP contribution in [0.2, 0.25) is 0 Å². The smallest absolute Gasteiger partial charge is 0.249 e. The van der Waals surface area contributed by atoms with Crippen molar-refractivity contribution < 1.29 is 9.26 Å². The highest BCUT2D eigenvalue weighted by atomic mass is 16.5. The first-order valence-corrected chi connectivity index (χ1v) is 7.60. The molecule has 1 unspecified atom stereocenters. The molecule has 120 valence electrons. The molecule has 0 saturated carbocycles. The second kappa shape index (κ2) is 5.92. The van der Waals surface area contributed by atoms with Crippen molar-refractivity contribution in [3.63, 3.8) is 0 Å². The van der Waals surface area contributed by atoms with E-state index in [0.717, 1.165) is 31.4 Å². The van der Waals surface area contributed by atoms with E-state index in [0.29, 0.717) is 29.1 Å². The zero-order valence-electron chi connectivity index (χ0n) is 12.7. The fourth-order valence-electron chi connectivity index (χ4n) is 2.90. The zero-order valence-corrected chi connectivity index (χ0v) is 12.7. The molecule has 0 spiro atoms. The highest BCUT2D eigenvalue weighted by Crippen LogP contribution is 2.33. The zero-order chi connectivity index (χ0) is 15.6. The Labute approximate surface area is 131 Å². The summed E-state index contributed by atoms with van der Waals surface area (Å²) in [6.07, 6.45) is 5.07. The van der Waals surface area contributed by atoms with Gasteiger partial charge in [0.1, 0.15) is 18.2 Å². The lowest BCUT2D eigenvalue weighted by Crippen LogP contribution is -2.27. The molecule has 0 aliphatic carbocycles. The largest absolute Gasteiger partial charge is 0.381 e. The summed E-state index contributed by atoms with van der Waals surface area (Å²) in [5.41, 5.74) is 0.690. The monoisotopic (exact) mass is 315 g/mol. The van der Waals surface area contributed by atoms with E-state index in [9.17, 15) is 0 Å². The van der Waals surface area contributed by atoms with Crippen molar-refractivity contribution in [2.75, 3.05) is 18.5 Å². The number of nitrogens with one attached hydrogen (secondary N) is 2. The third-order valence-corrected chi connectivity index (χ3v) is 4.09. The summed E-state index contributed by atoms with van der Waals surface area (Å²) < 4.78 is 10.9. The van der Waals surface area contributed by atoms with Crippen LogP contribution in [0.1, 0.15) is 30.6 Å². The first-order valence-electron chi connectivity index (χ1n) is 7.60. The Morgan fingerprint density at radius 2 is 2.17 bits per heavy atom. The van der Waals surface area contributed by atoms with Crippen LogP contribution >= 0.6 is 0 Å². The predicted molar refractivity (Wildman–Crippen MR) is 80.6 cm³/mol. The van der Waals surface area contributed by atoms with Gasteiger partial charge in [0.15, 0.2) is 11.5 Å². The molecule has 3 aromatic rings. The van der Waals surface area contributed by atoms with Gasteiger partial charge in [-0.2, -0.15) is 10.1 Å². The van der Waals surface area contributed by atoms with Crippen LogP contribution in [-0.4, -0.2) is 43.5 Å². The minimum Gasteiger partial charge on any atom is -0.381 e. The maximum absolute atomic E-state index is 5.46. The molecule has 2 N–H and O–H groups in total. The van der Waals surface area contributed by atoms with E-state index in [4.69, 9.17) is 9.26 Å². The van der Waals surface area contributed by atoms with E-state index < -0.39 is 0 Å². The topological polar surface area (TPSA) is 115 Å². The maximum atomic E-state index is 5.46. The van der Waals surface area contributed by atoms with E-state index in [1.807, 2.05) is 6.92 Å². The predicted octanol–water partition coefficient (Wildman–Crippen LogP) is 1.62. The van der Waals surface area contributed by atoms with Crippen molar-refractivity contribution in [1.82, 2.24) is 30.3 Å². The second-order valence-electron chi connectivity index (χ2n) is 5.61. The van der Waals surface area contributed by atoms with Gasteiger partial charge >= 0.3 is 0 Å². The minimum absolute atomic E-state index is 0.118. The van der Waals surface area contributed by atoms with E-state index in [1.54, 1.807) is 6.20 Å². The molecule has 1 fully saturated rings. The van der Waals surface area contributed by atoms with Gasteiger partial charge in [-0.3, -0.25) is 5.10 Å². The van der Waals surface area contributed by atoms with Crippen LogP contribution in [-0.2, 0) is 4.74 Å². The molecule has 4 rings (SSSR count). The molecule has 0 bridgehead atoms. The lowest BCUT2D eigenvalue weighted by Gasteiger charge is -2.28. The number of aryl methyl sites for hydroxylation is 1. The summed E-state index contributed by atoms with van der Waals surface area (Å²) in [5.74, 6) is 2.23. The number of hydrogen-bond donors (Lipinski definition) is 2. The lowest BCUT2D eigenvalue weighted by atomic mass is 9.91. The highest BCUT2D eigenvalue weighted by molar-refractivity contribution is 5.85. The number of aromatic amines is 1. The fraction of sp³-hybridized carbons (Fsp3) is 0.500. The third kappa shape index (κ3) is 2.74. The normalized spacial score (nSPS) is 17.4. The second-order valence-corrected chi connectivity index (χ2v) is 5.61. The number of aromatic nitrogens is 6. The summed E-state index contributed by atoms with van der Waals surface area (Å²) in [5, 5.41) is 15.1. The van der Waals surface area contributed by atoms with Crippen molar-refractivity contribution in [3.05, 3.63) is 24.2 Å². The molecule has 0 radical (unpaired) electrons. The standard InChI is InChI=1S/C14H17N7O2/c1-8-18-14(23-21-8)11(9-2-4-22-5-3-9)19-12-10-6-17-20-13(10)16-7-15-12/h6-7,9,11H,2-5H2,1H3,(H2,15,16,17,19,20). The Bertz CT molecular complexity index is 793. The van der Waals surface area contributed by atoms with E-state index in [-0.39, 0.29) is 6.04 Å². The average Bonchev–Trinajstić information content (AvgIpc) is 3.22. The molecule has 23 heavy (non-hydrogen) atoms. The number of anilines is 1.